The van der Waals surface area contributed by atoms with E-state index < -0.39 is 0 Å². The van der Waals surface area contributed by atoms with Crippen LogP contribution in [0.15, 0.2) is 23.1 Å². The number of allylic oxidation sites excluding steroid dienone is 1. The van der Waals surface area contributed by atoms with Gasteiger partial charge in [-0.15, -0.1) is 0 Å². The molecular weight excluding hydrogens is 344 g/mol. The molecule has 0 unspecified atom stereocenters. The van der Waals surface area contributed by atoms with Crippen molar-refractivity contribution in [1.82, 2.24) is 4.90 Å². The molecule has 1 aromatic carbocycles. The molecule has 1 fully saturated rings. The number of hydrogen-bond acceptors (Lipinski definition) is 4. The first kappa shape index (κ1) is 18.8. The number of thioether (sulfide) groups is 1. The molecule has 2 aliphatic heterocycles. The lowest BCUT2D eigenvalue weighted by atomic mass is 9.86. The Kier molecular flexibility index (Phi) is 4.55. The van der Waals surface area contributed by atoms with Crippen LogP contribution in [0, 0.1) is 6.92 Å². The summed E-state index contributed by atoms with van der Waals surface area (Å²) in [5, 5.41) is -0.222. The second kappa shape index (κ2) is 6.31. The van der Waals surface area contributed by atoms with Crippen molar-refractivity contribution in [2.45, 2.75) is 53.1 Å². The molecule has 2 aliphatic rings. The third-order valence-electron chi connectivity index (χ3n) is 5.05. The van der Waals surface area contributed by atoms with Crippen molar-refractivity contribution >= 4 is 40.2 Å². The number of imide groups is 1. The summed E-state index contributed by atoms with van der Waals surface area (Å²) in [6.07, 6.45) is 4.14. The average Bonchev–Trinajstić information content (AvgIpc) is 2.74. The minimum Gasteiger partial charge on any atom is -0.360 e. The Morgan fingerprint density at radius 3 is 2.35 bits per heavy atom. The number of aryl methyl sites for hydroxylation is 1. The van der Waals surface area contributed by atoms with E-state index in [0.717, 1.165) is 22.9 Å². The Morgan fingerprint density at radius 1 is 1.15 bits per heavy atom. The van der Waals surface area contributed by atoms with Crippen LogP contribution in [0.1, 0.15) is 51.3 Å². The largest absolute Gasteiger partial charge is 0.360 e. The summed E-state index contributed by atoms with van der Waals surface area (Å²) in [7, 11) is 1.52. The minimum atomic E-state index is -0.227. The molecule has 0 spiro atoms. The van der Waals surface area contributed by atoms with Gasteiger partial charge in [0.2, 0.25) is 0 Å². The van der Waals surface area contributed by atoms with E-state index in [1.165, 1.54) is 28.8 Å². The molecule has 0 saturated carbocycles. The van der Waals surface area contributed by atoms with Gasteiger partial charge in [-0.05, 0) is 88.2 Å². The lowest BCUT2D eigenvalue weighted by Gasteiger charge is -2.46. The standard InChI is InChI=1S/C21H26N2O2S/c1-12(2)23-17-8-13(3)15(9-16(17)14(4)11-21(23,5)6)10-18-19(24)22(7)20(25)26-18/h8-12H,1-7H3/b18-10+. The molecule has 3 rings (SSSR count). The zero-order chi connectivity index (χ0) is 19.4. The Hall–Kier alpha value is -2.01. The maximum absolute atomic E-state index is 12.2. The maximum Gasteiger partial charge on any atom is 0.293 e. The molecule has 0 radical (unpaired) electrons. The molecule has 138 valence electrons. The van der Waals surface area contributed by atoms with Crippen molar-refractivity contribution in [2.24, 2.45) is 0 Å². The molecular formula is C21H26N2O2S. The summed E-state index contributed by atoms with van der Waals surface area (Å²) in [5.74, 6) is -0.227. The first-order chi connectivity index (χ1) is 12.0. The van der Waals surface area contributed by atoms with Gasteiger partial charge in [-0.1, -0.05) is 6.08 Å². The number of benzene rings is 1. The average molecular weight is 371 g/mol. The monoisotopic (exact) mass is 370 g/mol. The van der Waals surface area contributed by atoms with Crippen LogP contribution in [-0.4, -0.2) is 34.7 Å². The number of carbonyl (C=O) groups is 2. The lowest BCUT2D eigenvalue weighted by Crippen LogP contribution is -2.49. The van der Waals surface area contributed by atoms with Crippen LogP contribution in [0.5, 0.6) is 0 Å². The molecule has 26 heavy (non-hydrogen) atoms. The van der Waals surface area contributed by atoms with E-state index in [1.807, 2.05) is 6.08 Å². The van der Waals surface area contributed by atoms with Gasteiger partial charge >= 0.3 is 0 Å². The van der Waals surface area contributed by atoms with Crippen LogP contribution in [0.2, 0.25) is 0 Å². The summed E-state index contributed by atoms with van der Waals surface area (Å²) < 4.78 is 0. The van der Waals surface area contributed by atoms with Crippen molar-refractivity contribution in [2.75, 3.05) is 11.9 Å². The highest BCUT2D eigenvalue weighted by atomic mass is 32.2. The van der Waals surface area contributed by atoms with Crippen molar-refractivity contribution < 1.29 is 9.59 Å². The second-order valence-electron chi connectivity index (χ2n) is 7.91. The van der Waals surface area contributed by atoms with Crippen LogP contribution >= 0.6 is 11.8 Å². The number of carbonyl (C=O) groups excluding carboxylic acids is 2. The molecule has 0 N–H and O–H groups in total. The van der Waals surface area contributed by atoms with Crippen LogP contribution in [0.25, 0.3) is 11.6 Å². The van der Waals surface area contributed by atoms with Crippen molar-refractivity contribution in [3.63, 3.8) is 0 Å². The van der Waals surface area contributed by atoms with E-state index in [0.29, 0.717) is 10.9 Å². The predicted molar refractivity (Wildman–Crippen MR) is 110 cm³/mol. The number of anilines is 1. The van der Waals surface area contributed by atoms with E-state index in [2.05, 4.69) is 64.7 Å². The molecule has 1 aromatic rings. The lowest BCUT2D eigenvalue weighted by molar-refractivity contribution is -0.121. The zero-order valence-corrected chi connectivity index (χ0v) is 17.3. The third-order valence-corrected chi connectivity index (χ3v) is 6.01. The van der Waals surface area contributed by atoms with Gasteiger partial charge in [0.05, 0.1) is 10.4 Å². The fraction of sp³-hybridized carbons (Fsp3) is 0.429. The molecule has 2 amide bonds. The summed E-state index contributed by atoms with van der Waals surface area (Å²) in [6.45, 7) is 13.1. The van der Waals surface area contributed by atoms with E-state index >= 15 is 0 Å². The molecule has 0 bridgehead atoms. The Morgan fingerprint density at radius 2 is 1.81 bits per heavy atom. The number of likely N-dealkylation sites (N-methyl/N-ethyl adjacent to an activating group) is 1. The van der Waals surface area contributed by atoms with Crippen LogP contribution in [0.4, 0.5) is 10.5 Å². The first-order valence-electron chi connectivity index (χ1n) is 8.88. The van der Waals surface area contributed by atoms with Crippen molar-refractivity contribution in [1.29, 1.82) is 0 Å². The zero-order valence-electron chi connectivity index (χ0n) is 16.5. The van der Waals surface area contributed by atoms with Crippen molar-refractivity contribution in [3.05, 3.63) is 39.8 Å². The Labute approximate surface area is 159 Å². The van der Waals surface area contributed by atoms with Gasteiger partial charge in [0.25, 0.3) is 11.1 Å². The molecule has 1 saturated heterocycles. The van der Waals surface area contributed by atoms with Gasteiger partial charge in [0.15, 0.2) is 0 Å². The van der Waals surface area contributed by atoms with E-state index in [4.69, 9.17) is 0 Å². The van der Waals surface area contributed by atoms with E-state index in [-0.39, 0.29) is 16.7 Å². The predicted octanol–water partition coefficient (Wildman–Crippen LogP) is 5.07. The Balaban J connectivity index is 2.13. The summed E-state index contributed by atoms with van der Waals surface area (Å²) in [5.41, 5.74) is 5.68. The fourth-order valence-corrected chi connectivity index (χ4v) is 4.82. The van der Waals surface area contributed by atoms with E-state index in [9.17, 15) is 9.59 Å². The Bertz CT molecular complexity index is 865. The second-order valence-corrected chi connectivity index (χ2v) is 8.90. The molecule has 5 heteroatoms. The van der Waals surface area contributed by atoms with Gasteiger partial charge < -0.3 is 4.90 Å². The van der Waals surface area contributed by atoms with Gasteiger partial charge in [-0.2, -0.15) is 0 Å². The van der Waals surface area contributed by atoms with Gasteiger partial charge in [0, 0.05) is 24.3 Å². The highest BCUT2D eigenvalue weighted by molar-refractivity contribution is 8.18. The quantitative estimate of drug-likeness (QED) is 0.681. The van der Waals surface area contributed by atoms with Crippen LogP contribution in [0.3, 0.4) is 0 Å². The highest BCUT2D eigenvalue weighted by Gasteiger charge is 2.34. The molecule has 0 aliphatic carbocycles. The number of amides is 2. The molecule has 4 nitrogen and oxygen atoms in total. The summed E-state index contributed by atoms with van der Waals surface area (Å²) in [4.78, 5) is 28.0. The van der Waals surface area contributed by atoms with Gasteiger partial charge in [-0.3, -0.25) is 14.5 Å². The maximum atomic E-state index is 12.2. The van der Waals surface area contributed by atoms with Gasteiger partial charge in [-0.25, -0.2) is 0 Å². The molecule has 0 aromatic heterocycles. The smallest absolute Gasteiger partial charge is 0.293 e. The van der Waals surface area contributed by atoms with E-state index in [1.54, 1.807) is 0 Å². The number of hydrogen-bond donors (Lipinski definition) is 0. The molecule has 2 heterocycles. The van der Waals surface area contributed by atoms with Crippen LogP contribution < -0.4 is 4.90 Å². The summed E-state index contributed by atoms with van der Waals surface area (Å²) in [6, 6.07) is 4.72. The number of rotatable bonds is 2. The summed E-state index contributed by atoms with van der Waals surface area (Å²) >= 11 is 1.00. The highest BCUT2D eigenvalue weighted by Crippen LogP contribution is 2.42. The molecule has 0 atom stereocenters. The SMILES string of the molecule is CC1=CC(C)(C)N(C(C)C)c2cc(C)c(/C=C3/SC(=O)N(C)C3=O)cc21. The normalized spacial score (nSPS) is 20.9. The first-order valence-corrected chi connectivity index (χ1v) is 9.70. The van der Waals surface area contributed by atoms with Gasteiger partial charge in [0.1, 0.15) is 0 Å². The number of nitrogens with zero attached hydrogens (tertiary/aromatic N) is 2. The fourth-order valence-electron chi connectivity index (χ4n) is 4.00. The third kappa shape index (κ3) is 2.98. The number of fused-ring (bicyclic) bond motifs is 1. The minimum absolute atomic E-state index is 0.0515. The van der Waals surface area contributed by atoms with Crippen molar-refractivity contribution in [3.8, 4) is 0 Å². The topological polar surface area (TPSA) is 40.6 Å². The van der Waals surface area contributed by atoms with Crippen LogP contribution in [-0.2, 0) is 4.79 Å².